The summed E-state index contributed by atoms with van der Waals surface area (Å²) in [7, 11) is 0. The van der Waals surface area contributed by atoms with Crippen molar-refractivity contribution in [1.82, 2.24) is 4.90 Å². The smallest absolute Gasteiger partial charge is 0.255 e. The van der Waals surface area contributed by atoms with Crippen molar-refractivity contribution in [2.24, 2.45) is 11.1 Å². The third kappa shape index (κ3) is 3.43. The van der Waals surface area contributed by atoms with Crippen molar-refractivity contribution < 1.29 is 9.18 Å². The molecule has 0 radical (unpaired) electrons. The van der Waals surface area contributed by atoms with Crippen LogP contribution in [0, 0.1) is 11.2 Å². The minimum atomic E-state index is -0.442. The van der Waals surface area contributed by atoms with Crippen LogP contribution >= 0.6 is 24.0 Å². The zero-order chi connectivity index (χ0) is 14.2. The number of halogens is 3. The Morgan fingerprint density at radius 2 is 2.15 bits per heavy atom. The Hall–Kier alpha value is -0.840. The highest BCUT2D eigenvalue weighted by molar-refractivity contribution is 6.33. The summed E-state index contributed by atoms with van der Waals surface area (Å²) in [5.41, 5.74) is 6.27. The van der Waals surface area contributed by atoms with Gasteiger partial charge in [0.1, 0.15) is 5.82 Å². The summed E-state index contributed by atoms with van der Waals surface area (Å²) >= 11 is 5.93. The quantitative estimate of drug-likeness (QED) is 0.864. The Morgan fingerprint density at radius 1 is 1.50 bits per heavy atom. The van der Waals surface area contributed by atoms with Gasteiger partial charge in [0.05, 0.1) is 10.6 Å². The average molecular weight is 321 g/mol. The molecule has 2 rings (SSSR count). The lowest BCUT2D eigenvalue weighted by Gasteiger charge is -2.42. The SMILES string of the molecule is CC1(C)CN(C(=O)c2ccc(F)cc2Cl)CCC1N.Cl. The molecule has 1 saturated heterocycles. The summed E-state index contributed by atoms with van der Waals surface area (Å²) in [4.78, 5) is 14.1. The van der Waals surface area contributed by atoms with E-state index in [1.54, 1.807) is 4.90 Å². The van der Waals surface area contributed by atoms with E-state index in [0.717, 1.165) is 12.5 Å². The summed E-state index contributed by atoms with van der Waals surface area (Å²) in [6, 6.07) is 3.93. The van der Waals surface area contributed by atoms with Gasteiger partial charge in [-0.25, -0.2) is 4.39 Å². The van der Waals surface area contributed by atoms with Crippen LogP contribution in [0.1, 0.15) is 30.6 Å². The molecule has 0 aliphatic carbocycles. The molecule has 1 atom stereocenters. The number of rotatable bonds is 1. The minimum absolute atomic E-state index is 0. The molecule has 0 spiro atoms. The van der Waals surface area contributed by atoms with Gasteiger partial charge in [-0.15, -0.1) is 12.4 Å². The highest BCUT2D eigenvalue weighted by Gasteiger charge is 2.35. The fourth-order valence-electron chi connectivity index (χ4n) is 2.38. The Bertz CT molecular complexity index is 508. The molecule has 1 aliphatic heterocycles. The number of nitrogens with two attached hydrogens (primary N) is 1. The first-order valence-electron chi connectivity index (χ1n) is 6.31. The summed E-state index contributed by atoms with van der Waals surface area (Å²) in [5, 5.41) is 0.151. The Labute approximate surface area is 129 Å². The predicted octanol–water partition coefficient (Wildman–Crippen LogP) is 3.10. The first-order chi connectivity index (χ1) is 8.81. The van der Waals surface area contributed by atoms with E-state index in [1.165, 1.54) is 12.1 Å². The monoisotopic (exact) mass is 320 g/mol. The van der Waals surface area contributed by atoms with Gasteiger partial charge in [-0.05, 0) is 30.0 Å². The van der Waals surface area contributed by atoms with Gasteiger partial charge in [0.15, 0.2) is 0 Å². The van der Waals surface area contributed by atoms with Crippen molar-refractivity contribution in [1.29, 1.82) is 0 Å². The second-order valence-electron chi connectivity index (χ2n) is 5.73. The lowest BCUT2D eigenvalue weighted by atomic mass is 9.79. The molecule has 0 aromatic heterocycles. The van der Waals surface area contributed by atoms with Crippen LogP contribution in [0.5, 0.6) is 0 Å². The van der Waals surface area contributed by atoms with E-state index in [1.807, 2.05) is 13.8 Å². The molecule has 0 saturated carbocycles. The van der Waals surface area contributed by atoms with Crippen molar-refractivity contribution >= 4 is 29.9 Å². The van der Waals surface area contributed by atoms with Gasteiger partial charge in [-0.1, -0.05) is 25.4 Å². The lowest BCUT2D eigenvalue weighted by Crippen LogP contribution is -2.54. The number of carbonyl (C=O) groups excluding carboxylic acids is 1. The third-order valence-electron chi connectivity index (χ3n) is 3.76. The predicted molar refractivity (Wildman–Crippen MR) is 80.9 cm³/mol. The fraction of sp³-hybridized carbons (Fsp3) is 0.500. The number of likely N-dealkylation sites (tertiary alicyclic amines) is 1. The van der Waals surface area contributed by atoms with Crippen LogP contribution in [0.3, 0.4) is 0 Å². The van der Waals surface area contributed by atoms with Gasteiger partial charge in [0.2, 0.25) is 0 Å². The average Bonchev–Trinajstić information content (AvgIpc) is 2.32. The van der Waals surface area contributed by atoms with Crippen LogP contribution in [0.2, 0.25) is 5.02 Å². The van der Waals surface area contributed by atoms with Crippen LogP contribution in [0.4, 0.5) is 4.39 Å². The zero-order valence-electron chi connectivity index (χ0n) is 11.5. The summed E-state index contributed by atoms with van der Waals surface area (Å²) in [6.07, 6.45) is 0.761. The lowest BCUT2D eigenvalue weighted by molar-refractivity contribution is 0.0533. The molecule has 20 heavy (non-hydrogen) atoms. The van der Waals surface area contributed by atoms with Crippen molar-refractivity contribution in [2.75, 3.05) is 13.1 Å². The maximum absolute atomic E-state index is 13.0. The Balaban J connectivity index is 0.00000200. The normalized spacial score (nSPS) is 21.2. The van der Waals surface area contributed by atoms with E-state index >= 15 is 0 Å². The van der Waals surface area contributed by atoms with Crippen molar-refractivity contribution in [2.45, 2.75) is 26.3 Å². The van der Waals surface area contributed by atoms with Crippen LogP contribution in [0.25, 0.3) is 0 Å². The van der Waals surface area contributed by atoms with E-state index in [2.05, 4.69) is 0 Å². The fourth-order valence-corrected chi connectivity index (χ4v) is 2.63. The molecule has 1 heterocycles. The summed E-state index contributed by atoms with van der Waals surface area (Å²) in [5.74, 6) is -0.604. The molecular formula is C14H19Cl2FN2O. The number of benzene rings is 1. The van der Waals surface area contributed by atoms with Gasteiger partial charge in [0.25, 0.3) is 5.91 Å². The number of hydrogen-bond acceptors (Lipinski definition) is 2. The van der Waals surface area contributed by atoms with Crippen LogP contribution < -0.4 is 5.73 Å². The number of amides is 1. The van der Waals surface area contributed by atoms with Gasteiger partial charge in [-0.2, -0.15) is 0 Å². The molecule has 1 amide bonds. The molecule has 1 aromatic carbocycles. The standard InChI is InChI=1S/C14H18ClFN2O.ClH/c1-14(2)8-18(6-5-12(14)17)13(19)10-4-3-9(16)7-11(10)15;/h3-4,7,12H,5-6,8,17H2,1-2H3;1H. The highest BCUT2D eigenvalue weighted by atomic mass is 35.5. The Kier molecular flexibility index (Phi) is 5.41. The first kappa shape index (κ1) is 17.2. The number of nitrogens with zero attached hydrogens (tertiary/aromatic N) is 1. The zero-order valence-corrected chi connectivity index (χ0v) is 13.1. The minimum Gasteiger partial charge on any atom is -0.338 e. The summed E-state index contributed by atoms with van der Waals surface area (Å²) in [6.45, 7) is 5.28. The number of carbonyl (C=O) groups is 1. The van der Waals surface area contributed by atoms with Crippen LogP contribution in [-0.4, -0.2) is 29.9 Å². The molecule has 6 heteroatoms. The maximum atomic E-state index is 13.0. The molecule has 1 fully saturated rings. The Morgan fingerprint density at radius 3 is 2.70 bits per heavy atom. The van der Waals surface area contributed by atoms with Crippen molar-refractivity contribution in [3.05, 3.63) is 34.6 Å². The van der Waals surface area contributed by atoms with E-state index < -0.39 is 5.82 Å². The summed E-state index contributed by atoms with van der Waals surface area (Å²) < 4.78 is 13.0. The first-order valence-corrected chi connectivity index (χ1v) is 6.69. The molecule has 1 aromatic rings. The molecule has 2 N–H and O–H groups in total. The molecule has 1 aliphatic rings. The molecular weight excluding hydrogens is 302 g/mol. The maximum Gasteiger partial charge on any atom is 0.255 e. The molecule has 112 valence electrons. The second kappa shape index (κ2) is 6.29. The van der Waals surface area contributed by atoms with Gasteiger partial charge in [0, 0.05) is 19.1 Å². The van der Waals surface area contributed by atoms with E-state index in [-0.39, 0.29) is 34.8 Å². The van der Waals surface area contributed by atoms with Crippen molar-refractivity contribution in [3.8, 4) is 0 Å². The van der Waals surface area contributed by atoms with Crippen LogP contribution in [-0.2, 0) is 0 Å². The van der Waals surface area contributed by atoms with E-state index in [4.69, 9.17) is 17.3 Å². The van der Waals surface area contributed by atoms with E-state index in [0.29, 0.717) is 18.7 Å². The number of hydrogen-bond donors (Lipinski definition) is 1. The van der Waals surface area contributed by atoms with Crippen molar-refractivity contribution in [3.63, 3.8) is 0 Å². The van der Waals surface area contributed by atoms with Gasteiger partial charge >= 0.3 is 0 Å². The second-order valence-corrected chi connectivity index (χ2v) is 6.14. The van der Waals surface area contributed by atoms with Crippen LogP contribution in [0.15, 0.2) is 18.2 Å². The third-order valence-corrected chi connectivity index (χ3v) is 4.07. The highest BCUT2D eigenvalue weighted by Crippen LogP contribution is 2.29. The molecule has 1 unspecified atom stereocenters. The van der Waals surface area contributed by atoms with Gasteiger partial charge in [-0.3, -0.25) is 4.79 Å². The number of piperidine rings is 1. The van der Waals surface area contributed by atoms with Gasteiger partial charge < -0.3 is 10.6 Å². The topological polar surface area (TPSA) is 46.3 Å². The largest absolute Gasteiger partial charge is 0.338 e. The van der Waals surface area contributed by atoms with E-state index in [9.17, 15) is 9.18 Å². The molecule has 3 nitrogen and oxygen atoms in total. The molecule has 0 bridgehead atoms.